The zero-order valence-corrected chi connectivity index (χ0v) is 22.2. The zero-order valence-electron chi connectivity index (χ0n) is 21.5. The highest BCUT2D eigenvalue weighted by molar-refractivity contribution is 6.30. The third-order valence-corrected chi connectivity index (χ3v) is 7.89. The van der Waals surface area contributed by atoms with Crippen LogP contribution in [-0.2, 0) is 16.1 Å². The number of H-pyrrole nitrogens is 1. The number of ether oxygens (including phenoxy) is 2. The van der Waals surface area contributed by atoms with Crippen LogP contribution in [0.1, 0.15) is 51.0 Å². The van der Waals surface area contributed by atoms with Crippen LogP contribution in [-0.4, -0.2) is 39.0 Å². The van der Waals surface area contributed by atoms with E-state index in [0.717, 1.165) is 57.1 Å². The van der Waals surface area contributed by atoms with Crippen molar-refractivity contribution in [3.63, 3.8) is 0 Å². The number of nitrogens with one attached hydrogen (secondary N) is 1. The van der Waals surface area contributed by atoms with Crippen LogP contribution in [0, 0.1) is 5.92 Å². The van der Waals surface area contributed by atoms with Gasteiger partial charge in [-0.1, -0.05) is 37.6 Å². The average Bonchev–Trinajstić information content (AvgIpc) is 3.48. The van der Waals surface area contributed by atoms with E-state index in [9.17, 15) is 9.59 Å². The van der Waals surface area contributed by atoms with Gasteiger partial charge in [-0.15, -0.1) is 0 Å². The van der Waals surface area contributed by atoms with Crippen LogP contribution in [0.5, 0.6) is 5.75 Å². The molecule has 0 bridgehead atoms. The molecule has 1 fully saturated rings. The summed E-state index contributed by atoms with van der Waals surface area (Å²) in [5.41, 5.74) is 10.2. The van der Waals surface area contributed by atoms with Gasteiger partial charge in [0.1, 0.15) is 18.2 Å². The molecular weight excluding hydrogens is 504 g/mol. The molecule has 2 aliphatic heterocycles. The molecule has 0 spiro atoms. The van der Waals surface area contributed by atoms with Crippen molar-refractivity contribution >= 4 is 45.4 Å². The van der Waals surface area contributed by atoms with E-state index in [4.69, 9.17) is 31.8 Å². The summed E-state index contributed by atoms with van der Waals surface area (Å²) in [7, 11) is 0. The van der Waals surface area contributed by atoms with E-state index in [1.807, 2.05) is 51.1 Å². The smallest absolute Gasteiger partial charge is 0.405 e. The number of carbonyl (C=O) groups is 2. The minimum absolute atomic E-state index is 0.0239. The van der Waals surface area contributed by atoms with E-state index in [1.165, 1.54) is 0 Å². The van der Waals surface area contributed by atoms with E-state index in [1.54, 1.807) is 4.90 Å². The Morgan fingerprint density at radius 3 is 2.74 bits per heavy atom. The van der Waals surface area contributed by atoms with Crippen molar-refractivity contribution in [1.29, 1.82) is 0 Å². The van der Waals surface area contributed by atoms with Gasteiger partial charge in [0.2, 0.25) is 0 Å². The van der Waals surface area contributed by atoms with Gasteiger partial charge in [0.05, 0.1) is 17.1 Å². The lowest BCUT2D eigenvalue weighted by atomic mass is 9.94. The van der Waals surface area contributed by atoms with Gasteiger partial charge in [-0.3, -0.25) is 4.79 Å². The topological polar surface area (TPSA) is 111 Å². The molecule has 4 aromatic rings. The van der Waals surface area contributed by atoms with E-state index in [2.05, 4.69) is 17.1 Å². The number of carbonyl (C=O) groups excluding carboxylic acids is 2. The average molecular weight is 533 g/mol. The Balaban J connectivity index is 1.40. The summed E-state index contributed by atoms with van der Waals surface area (Å²) < 4.78 is 11.3. The second-order valence-electron chi connectivity index (χ2n) is 10.5. The molecule has 0 saturated carbocycles. The number of aromatic amines is 1. The Hall–Kier alpha value is -3.78. The van der Waals surface area contributed by atoms with Crippen molar-refractivity contribution in [3.8, 4) is 16.9 Å². The Morgan fingerprint density at radius 1 is 1.16 bits per heavy atom. The number of halogens is 1. The number of imidazole rings is 1. The van der Waals surface area contributed by atoms with Gasteiger partial charge in [0, 0.05) is 22.0 Å². The summed E-state index contributed by atoms with van der Waals surface area (Å²) in [4.78, 5) is 35.3. The molecule has 2 aliphatic rings. The van der Waals surface area contributed by atoms with E-state index in [-0.39, 0.29) is 23.9 Å². The molecule has 1 aromatic heterocycles. The number of amides is 2. The maximum atomic E-state index is 13.6. The van der Waals surface area contributed by atoms with Gasteiger partial charge in [0.25, 0.3) is 5.91 Å². The number of nitrogens with two attached hydrogens (primary N) is 1. The van der Waals surface area contributed by atoms with Crippen LogP contribution < -0.4 is 10.5 Å². The third kappa shape index (κ3) is 4.04. The van der Waals surface area contributed by atoms with Crippen molar-refractivity contribution in [1.82, 2.24) is 14.9 Å². The van der Waals surface area contributed by atoms with Crippen LogP contribution >= 0.6 is 11.6 Å². The van der Waals surface area contributed by atoms with Crippen LogP contribution in [0.3, 0.4) is 0 Å². The zero-order chi connectivity index (χ0) is 26.7. The van der Waals surface area contributed by atoms with E-state index >= 15 is 0 Å². The molecule has 3 aromatic carbocycles. The lowest BCUT2D eigenvalue weighted by Gasteiger charge is -2.32. The Labute approximate surface area is 225 Å². The SMILES string of the molecule is CC(C)[C@H](OC(N)=O)C(=O)N1[C@@H](C)CC[C@H]1c1nc2c(ccc3cc4c(cc32)OCc2cc(Cl)ccc2-4)[nH]1. The van der Waals surface area contributed by atoms with Gasteiger partial charge in [-0.2, -0.15) is 0 Å². The third-order valence-electron chi connectivity index (χ3n) is 7.66. The molecule has 0 radical (unpaired) electrons. The summed E-state index contributed by atoms with van der Waals surface area (Å²) in [6.07, 6.45) is -0.321. The van der Waals surface area contributed by atoms with Gasteiger partial charge in [0.15, 0.2) is 6.10 Å². The maximum Gasteiger partial charge on any atom is 0.405 e. The van der Waals surface area contributed by atoms with Gasteiger partial charge >= 0.3 is 6.09 Å². The predicted octanol–water partition coefficient (Wildman–Crippen LogP) is 6.10. The van der Waals surface area contributed by atoms with Crippen LogP contribution in [0.25, 0.3) is 32.9 Å². The predicted molar refractivity (Wildman–Crippen MR) is 146 cm³/mol. The van der Waals surface area contributed by atoms with Crippen LogP contribution in [0.2, 0.25) is 5.02 Å². The number of likely N-dealkylation sites (tertiary alicyclic amines) is 1. The minimum atomic E-state index is -0.952. The number of primary amides is 1. The molecule has 3 N–H and O–H groups in total. The largest absolute Gasteiger partial charge is 0.488 e. The first-order chi connectivity index (χ1) is 18.2. The maximum absolute atomic E-state index is 13.6. The Kier molecular flexibility index (Phi) is 5.94. The highest BCUT2D eigenvalue weighted by Crippen LogP contribution is 2.43. The fourth-order valence-corrected chi connectivity index (χ4v) is 5.99. The highest BCUT2D eigenvalue weighted by atomic mass is 35.5. The lowest BCUT2D eigenvalue weighted by molar-refractivity contribution is -0.145. The molecule has 9 heteroatoms. The van der Waals surface area contributed by atoms with E-state index < -0.39 is 12.2 Å². The molecule has 196 valence electrons. The Morgan fingerprint density at radius 2 is 1.97 bits per heavy atom. The number of fused-ring (bicyclic) bond motifs is 6. The number of hydrogen-bond donors (Lipinski definition) is 2. The number of hydrogen-bond acceptors (Lipinski definition) is 5. The Bertz CT molecular complexity index is 1600. The summed E-state index contributed by atoms with van der Waals surface area (Å²) in [5.74, 6) is 1.06. The van der Waals surface area contributed by atoms with Crippen molar-refractivity contribution in [3.05, 3.63) is 58.9 Å². The first kappa shape index (κ1) is 24.6. The number of benzene rings is 3. The molecule has 3 atom stereocenters. The lowest BCUT2D eigenvalue weighted by Crippen LogP contribution is -2.47. The number of rotatable bonds is 4. The van der Waals surface area contributed by atoms with Crippen LogP contribution in [0.4, 0.5) is 4.79 Å². The molecule has 2 amide bonds. The molecule has 1 saturated heterocycles. The highest BCUT2D eigenvalue weighted by Gasteiger charge is 2.42. The number of aromatic nitrogens is 2. The fourth-order valence-electron chi connectivity index (χ4n) is 5.80. The standard InChI is InChI=1S/C29H29ClN4O4/c1-14(2)26(38-29(31)36)28(35)34-15(3)4-9-23(34)27-32-22-8-5-16-11-21-19-7-6-18(30)10-17(19)13-37-24(21)12-20(16)25(22)33-27/h5-8,10-12,14-15,23,26H,4,9,13H2,1-3H3,(H2,31,36)(H,32,33)/t15-,23-,26-/m0/s1. The molecule has 0 aliphatic carbocycles. The second-order valence-corrected chi connectivity index (χ2v) is 11.0. The van der Waals surface area contributed by atoms with E-state index in [0.29, 0.717) is 17.5 Å². The quantitative estimate of drug-likeness (QED) is 0.330. The van der Waals surface area contributed by atoms with Gasteiger partial charge < -0.3 is 25.1 Å². The first-order valence-corrected chi connectivity index (χ1v) is 13.2. The normalized spacial score (nSPS) is 19.3. The molecule has 38 heavy (non-hydrogen) atoms. The minimum Gasteiger partial charge on any atom is -0.488 e. The summed E-state index contributed by atoms with van der Waals surface area (Å²) in [5, 5.41) is 2.71. The van der Waals surface area contributed by atoms with Crippen molar-refractivity contribution in [2.75, 3.05) is 0 Å². The first-order valence-electron chi connectivity index (χ1n) is 12.9. The van der Waals surface area contributed by atoms with Crippen molar-refractivity contribution < 1.29 is 19.1 Å². The summed E-state index contributed by atoms with van der Waals surface area (Å²) in [6, 6.07) is 13.9. The molecule has 0 unspecified atom stereocenters. The molecule has 3 heterocycles. The molecule has 6 rings (SSSR count). The number of nitrogens with zero attached hydrogens (tertiary/aromatic N) is 2. The second kappa shape index (κ2) is 9.20. The van der Waals surface area contributed by atoms with Gasteiger partial charge in [-0.05, 0) is 72.5 Å². The fraction of sp³-hybridized carbons (Fsp3) is 0.345. The summed E-state index contributed by atoms with van der Waals surface area (Å²) >= 11 is 6.19. The van der Waals surface area contributed by atoms with Crippen molar-refractivity contribution in [2.24, 2.45) is 11.7 Å². The van der Waals surface area contributed by atoms with Crippen LogP contribution in [0.15, 0.2) is 42.5 Å². The van der Waals surface area contributed by atoms with Crippen molar-refractivity contribution in [2.45, 2.75) is 58.4 Å². The monoisotopic (exact) mass is 532 g/mol. The summed E-state index contributed by atoms with van der Waals surface area (Å²) in [6.45, 7) is 6.14. The molecular formula is C29H29ClN4O4. The van der Waals surface area contributed by atoms with Gasteiger partial charge in [-0.25, -0.2) is 9.78 Å². The molecule has 8 nitrogen and oxygen atoms in total.